The zero-order valence-electron chi connectivity index (χ0n) is 5.05. The summed E-state index contributed by atoms with van der Waals surface area (Å²) in [5.74, 6) is -2.71. The van der Waals surface area contributed by atoms with Gasteiger partial charge in [-0.2, -0.15) is 0 Å². The molecule has 1 amide bonds. The lowest BCUT2D eigenvalue weighted by atomic mass is 10.7. The number of hydrogen-bond donors (Lipinski definition) is 4. The van der Waals surface area contributed by atoms with Gasteiger partial charge in [0.05, 0.1) is 0 Å². The average Bonchev–Trinajstić information content (AvgIpc) is 1.60. The molecule has 0 aliphatic heterocycles. The normalized spacial score (nSPS) is 10.9. The molecule has 7 heteroatoms. The van der Waals surface area contributed by atoms with Crippen molar-refractivity contribution < 1.29 is 30.2 Å². The van der Waals surface area contributed by atoms with Gasteiger partial charge >= 0.3 is 12.1 Å². The molecular weight excluding hydrogens is 146 g/mol. The Morgan fingerprint density at radius 3 is 2.00 bits per heavy atom. The number of ether oxygens (including phenoxy) is 1. The number of amides is 1. The minimum Gasteiger partial charge on any atom is -0.389 e. The van der Waals surface area contributed by atoms with Crippen LogP contribution in [-0.2, 0) is 4.74 Å². The predicted molar refractivity (Wildman–Crippen MR) is 24.7 cm³/mol. The first-order valence-corrected chi connectivity index (χ1v) is 2.18. The molecule has 0 saturated heterocycles. The fourth-order valence-electron chi connectivity index (χ4n) is 0.206. The number of nitrogens with zero attached hydrogens (tertiary/aromatic N) is 1. The lowest BCUT2D eigenvalue weighted by Gasteiger charge is -2.16. The van der Waals surface area contributed by atoms with Gasteiger partial charge in [-0.3, -0.25) is 10.4 Å². The maximum atomic E-state index is 10.0. The van der Waals surface area contributed by atoms with Gasteiger partial charge in [0.1, 0.15) is 0 Å². The summed E-state index contributed by atoms with van der Waals surface area (Å²) in [4.78, 5) is 10.0. The Kier molecular flexibility index (Phi) is 2.55. The van der Waals surface area contributed by atoms with Crippen LogP contribution in [0.3, 0.4) is 0 Å². The number of rotatable bonds is 1. The highest BCUT2D eigenvalue weighted by Crippen LogP contribution is 2.00. The fourth-order valence-corrected chi connectivity index (χ4v) is 0.206. The van der Waals surface area contributed by atoms with Crippen LogP contribution in [0.25, 0.3) is 0 Å². The van der Waals surface area contributed by atoms with Gasteiger partial charge in [0.25, 0.3) is 0 Å². The molecule has 7 nitrogen and oxygen atoms in total. The molecule has 4 N–H and O–H groups in total. The molecule has 0 aliphatic rings. The summed E-state index contributed by atoms with van der Waals surface area (Å²) in [7, 11) is 0. The third kappa shape index (κ3) is 4.04. The maximum Gasteiger partial charge on any atom is 0.463 e. The van der Waals surface area contributed by atoms with Gasteiger partial charge in [0.2, 0.25) is 0 Å². The minimum atomic E-state index is -2.71. The van der Waals surface area contributed by atoms with Crippen molar-refractivity contribution in [1.29, 1.82) is 0 Å². The molecule has 0 spiro atoms. The molecular formula is C3H7NO6. The Morgan fingerprint density at radius 2 is 1.90 bits per heavy atom. The molecule has 0 aromatic rings. The maximum absolute atomic E-state index is 10.0. The lowest BCUT2D eigenvalue weighted by Crippen LogP contribution is -2.36. The number of carbonyl (C=O) groups is 1. The van der Waals surface area contributed by atoms with Crippen molar-refractivity contribution in [2.75, 3.05) is 0 Å². The second-order valence-electron chi connectivity index (χ2n) is 1.59. The highest BCUT2D eigenvalue weighted by molar-refractivity contribution is 5.64. The van der Waals surface area contributed by atoms with E-state index in [4.69, 9.17) is 20.6 Å². The Balaban J connectivity index is 3.81. The zero-order chi connectivity index (χ0) is 8.36. The summed E-state index contributed by atoms with van der Waals surface area (Å²) < 4.78 is 3.60. The quantitative estimate of drug-likeness (QED) is 0.215. The van der Waals surface area contributed by atoms with Crippen LogP contribution in [-0.4, -0.2) is 37.9 Å². The summed E-state index contributed by atoms with van der Waals surface area (Å²) in [5.41, 5.74) is 0. The summed E-state index contributed by atoms with van der Waals surface area (Å²) in [6.45, 7) is 0.731. The molecule has 60 valence electrons. The first-order chi connectivity index (χ1) is 4.33. The molecule has 0 radical (unpaired) electrons. The van der Waals surface area contributed by atoms with Crippen molar-refractivity contribution in [1.82, 2.24) is 5.23 Å². The van der Waals surface area contributed by atoms with E-state index in [1.165, 1.54) is 0 Å². The van der Waals surface area contributed by atoms with Crippen LogP contribution in [0.4, 0.5) is 4.79 Å². The molecule has 0 rings (SSSR count). The summed E-state index contributed by atoms with van der Waals surface area (Å²) in [5, 5.41) is 31.4. The van der Waals surface area contributed by atoms with E-state index in [0.29, 0.717) is 0 Å². The smallest absolute Gasteiger partial charge is 0.389 e. The van der Waals surface area contributed by atoms with Gasteiger partial charge in [-0.1, -0.05) is 5.23 Å². The monoisotopic (exact) mass is 153 g/mol. The Morgan fingerprint density at radius 1 is 1.50 bits per heavy atom. The van der Waals surface area contributed by atoms with E-state index < -0.39 is 17.3 Å². The Labute approximate surface area is 55.6 Å². The van der Waals surface area contributed by atoms with Crippen molar-refractivity contribution in [3.63, 3.8) is 0 Å². The van der Waals surface area contributed by atoms with Gasteiger partial charge in [-0.05, 0) is 0 Å². The second-order valence-corrected chi connectivity index (χ2v) is 1.59. The fraction of sp³-hybridized carbons (Fsp3) is 0.667. The topological polar surface area (TPSA) is 110 Å². The number of hydroxylamine groups is 2. The van der Waals surface area contributed by atoms with E-state index in [9.17, 15) is 4.79 Å². The molecule has 0 saturated carbocycles. The van der Waals surface area contributed by atoms with Crippen molar-refractivity contribution in [3.05, 3.63) is 0 Å². The number of carbonyl (C=O) groups excluding carboxylic acids is 1. The van der Waals surface area contributed by atoms with Crippen LogP contribution < -0.4 is 0 Å². The molecule has 0 atom stereocenters. The van der Waals surface area contributed by atoms with Gasteiger partial charge in [-0.25, -0.2) is 4.79 Å². The number of aliphatic hydroxyl groups is 2. The van der Waals surface area contributed by atoms with Crippen LogP contribution in [0.15, 0.2) is 0 Å². The molecule has 0 bridgehead atoms. The minimum absolute atomic E-state index is 0.731. The van der Waals surface area contributed by atoms with Crippen molar-refractivity contribution in [3.8, 4) is 0 Å². The molecule has 0 heterocycles. The van der Waals surface area contributed by atoms with E-state index in [2.05, 4.69) is 4.74 Å². The highest BCUT2D eigenvalue weighted by atomic mass is 16.9. The van der Waals surface area contributed by atoms with Crippen molar-refractivity contribution >= 4 is 6.09 Å². The van der Waals surface area contributed by atoms with Crippen LogP contribution in [0.1, 0.15) is 6.92 Å². The van der Waals surface area contributed by atoms with E-state index >= 15 is 0 Å². The molecule has 0 aliphatic carbocycles. The van der Waals surface area contributed by atoms with Crippen LogP contribution in [0, 0.1) is 0 Å². The standard InChI is InChI=1S/C3H7NO6/c1-3(6,7)10-2(5)4(8)9/h6-9H,1H3. The van der Waals surface area contributed by atoms with Crippen LogP contribution in [0.5, 0.6) is 0 Å². The second kappa shape index (κ2) is 2.80. The van der Waals surface area contributed by atoms with Gasteiger partial charge in [0, 0.05) is 6.92 Å². The molecule has 0 fully saturated rings. The third-order valence-electron chi connectivity index (χ3n) is 0.444. The molecule has 0 aromatic carbocycles. The van der Waals surface area contributed by atoms with Crippen LogP contribution in [0.2, 0.25) is 0 Å². The van der Waals surface area contributed by atoms with E-state index in [0.717, 1.165) is 6.92 Å². The van der Waals surface area contributed by atoms with E-state index in [1.54, 1.807) is 0 Å². The first kappa shape index (κ1) is 9.11. The zero-order valence-corrected chi connectivity index (χ0v) is 5.05. The van der Waals surface area contributed by atoms with Crippen LogP contribution >= 0.6 is 0 Å². The molecule has 0 unspecified atom stereocenters. The summed E-state index contributed by atoms with van der Waals surface area (Å²) in [6, 6.07) is 0. The van der Waals surface area contributed by atoms with Crippen molar-refractivity contribution in [2.24, 2.45) is 0 Å². The molecule has 0 aromatic heterocycles. The summed E-state index contributed by atoms with van der Waals surface area (Å²) >= 11 is 0. The average molecular weight is 153 g/mol. The largest absolute Gasteiger partial charge is 0.463 e. The van der Waals surface area contributed by atoms with E-state index in [-0.39, 0.29) is 0 Å². The molecule has 10 heavy (non-hydrogen) atoms. The SMILES string of the molecule is CC(O)(O)OC(=O)N(O)O. The first-order valence-electron chi connectivity index (χ1n) is 2.18. The highest BCUT2D eigenvalue weighted by Gasteiger charge is 2.23. The lowest BCUT2D eigenvalue weighted by molar-refractivity contribution is -0.335. The van der Waals surface area contributed by atoms with Crippen molar-refractivity contribution in [2.45, 2.75) is 12.9 Å². The third-order valence-corrected chi connectivity index (χ3v) is 0.444. The van der Waals surface area contributed by atoms with Gasteiger partial charge in [-0.15, -0.1) is 0 Å². The van der Waals surface area contributed by atoms with Gasteiger partial charge in [0.15, 0.2) is 0 Å². The van der Waals surface area contributed by atoms with Gasteiger partial charge < -0.3 is 14.9 Å². The predicted octanol–water partition coefficient (Wildman–Crippen LogP) is -1.14. The van der Waals surface area contributed by atoms with E-state index in [1.807, 2.05) is 0 Å². The summed E-state index contributed by atoms with van der Waals surface area (Å²) in [6.07, 6.45) is -1.69. The Hall–Kier alpha value is -0.890. The number of hydrogen-bond acceptors (Lipinski definition) is 6. The Bertz CT molecular complexity index is 125.